The molecule has 1 aromatic carbocycles. The molecule has 0 saturated heterocycles. The zero-order valence-electron chi connectivity index (χ0n) is 14.5. The summed E-state index contributed by atoms with van der Waals surface area (Å²) < 4.78 is 7.17. The first-order chi connectivity index (χ1) is 12.5. The third-order valence-corrected chi connectivity index (χ3v) is 6.16. The lowest BCUT2D eigenvalue weighted by molar-refractivity contribution is -0.119. The smallest absolute Gasteiger partial charge is 0.274 e. The maximum atomic E-state index is 12.0. The highest BCUT2D eigenvalue weighted by atomic mass is 32.1. The Morgan fingerprint density at radius 1 is 1.23 bits per heavy atom. The largest absolute Gasteiger partial charge is 0.467 e. The van der Waals surface area contributed by atoms with Crippen LogP contribution in [-0.2, 0) is 10.2 Å². The van der Waals surface area contributed by atoms with Gasteiger partial charge in [0.2, 0.25) is 5.91 Å². The highest BCUT2D eigenvalue weighted by molar-refractivity contribution is 7.20. The lowest BCUT2D eigenvalue weighted by atomic mass is 9.80. The fourth-order valence-electron chi connectivity index (χ4n) is 3.45. The van der Waals surface area contributed by atoms with Crippen LogP contribution in [0.2, 0.25) is 0 Å². The van der Waals surface area contributed by atoms with Gasteiger partial charge < -0.3 is 10.1 Å². The molecule has 3 heterocycles. The number of rotatable bonds is 3. The van der Waals surface area contributed by atoms with Crippen molar-refractivity contribution in [3.8, 4) is 5.19 Å². The summed E-state index contributed by atoms with van der Waals surface area (Å²) in [5.74, 6) is 0.860. The van der Waals surface area contributed by atoms with E-state index in [9.17, 15) is 4.79 Å². The minimum absolute atomic E-state index is 0.0460. The molecule has 1 N–H and O–H groups in total. The third-order valence-electron chi connectivity index (χ3n) is 5.24. The summed E-state index contributed by atoms with van der Waals surface area (Å²) >= 11 is 1.58. The third kappa shape index (κ3) is 2.38. The van der Waals surface area contributed by atoms with E-state index >= 15 is 0 Å². The summed E-state index contributed by atoms with van der Waals surface area (Å²) in [6.45, 7) is 3.76. The lowest BCUT2D eigenvalue weighted by Gasteiger charge is -2.34. The highest BCUT2D eigenvalue weighted by Crippen LogP contribution is 2.42. The fourth-order valence-corrected chi connectivity index (χ4v) is 4.33. The predicted octanol–water partition coefficient (Wildman–Crippen LogP) is 3.64. The number of nitrogens with zero attached hydrogens (tertiary/aromatic N) is 3. The van der Waals surface area contributed by atoms with Gasteiger partial charge in [-0.15, -0.1) is 0 Å². The number of amides is 1. The molecule has 132 valence electrons. The van der Waals surface area contributed by atoms with E-state index in [0.29, 0.717) is 11.7 Å². The lowest BCUT2D eigenvalue weighted by Crippen LogP contribution is -2.33. The summed E-state index contributed by atoms with van der Waals surface area (Å²) in [4.78, 5) is 25.7. The molecule has 1 fully saturated rings. The summed E-state index contributed by atoms with van der Waals surface area (Å²) in [6.07, 6.45) is 3.72. The number of aromatic nitrogens is 3. The molecule has 0 bridgehead atoms. The topological polar surface area (TPSA) is 77.0 Å². The summed E-state index contributed by atoms with van der Waals surface area (Å²) in [5, 5.41) is 3.53. The maximum Gasteiger partial charge on any atom is 0.274 e. The first-order valence-electron chi connectivity index (χ1n) is 8.72. The molecule has 1 aliphatic heterocycles. The van der Waals surface area contributed by atoms with Gasteiger partial charge in [-0.25, -0.2) is 9.97 Å². The minimum atomic E-state index is -0.626. The highest BCUT2D eigenvalue weighted by Gasteiger charge is 2.42. The summed E-state index contributed by atoms with van der Waals surface area (Å²) in [7, 11) is 0. The Hall–Kier alpha value is -2.54. The number of nitrogens with one attached hydrogen (secondary N) is 1. The predicted molar refractivity (Wildman–Crippen MR) is 99.7 cm³/mol. The van der Waals surface area contributed by atoms with Crippen LogP contribution in [0.15, 0.2) is 30.5 Å². The Bertz CT molecular complexity index is 990. The van der Waals surface area contributed by atoms with Crippen molar-refractivity contribution in [2.45, 2.75) is 44.1 Å². The zero-order valence-corrected chi connectivity index (χ0v) is 15.3. The number of fused-ring (bicyclic) bond motifs is 2. The van der Waals surface area contributed by atoms with Crippen molar-refractivity contribution in [2.75, 3.05) is 5.32 Å². The van der Waals surface area contributed by atoms with Gasteiger partial charge in [-0.1, -0.05) is 23.5 Å². The zero-order chi connectivity index (χ0) is 17.9. The van der Waals surface area contributed by atoms with Crippen LogP contribution in [0.1, 0.15) is 44.0 Å². The van der Waals surface area contributed by atoms with Crippen molar-refractivity contribution in [1.29, 1.82) is 0 Å². The van der Waals surface area contributed by atoms with Crippen LogP contribution >= 0.6 is 11.3 Å². The van der Waals surface area contributed by atoms with E-state index < -0.39 is 5.41 Å². The number of benzene rings is 1. The van der Waals surface area contributed by atoms with Crippen LogP contribution in [0.25, 0.3) is 10.2 Å². The van der Waals surface area contributed by atoms with Crippen molar-refractivity contribution < 1.29 is 9.53 Å². The Morgan fingerprint density at radius 3 is 2.85 bits per heavy atom. The van der Waals surface area contributed by atoms with Gasteiger partial charge >= 0.3 is 0 Å². The van der Waals surface area contributed by atoms with E-state index in [0.717, 1.165) is 39.6 Å². The van der Waals surface area contributed by atoms with Gasteiger partial charge in [-0.2, -0.15) is 0 Å². The number of ether oxygens (including phenoxy) is 1. The molecule has 1 saturated carbocycles. The van der Waals surface area contributed by atoms with Gasteiger partial charge in [0.05, 0.1) is 33.2 Å². The molecule has 3 aromatic rings. The molecule has 5 rings (SSSR count). The van der Waals surface area contributed by atoms with Gasteiger partial charge in [-0.3, -0.25) is 9.78 Å². The summed E-state index contributed by atoms with van der Waals surface area (Å²) in [6, 6.07) is 8.05. The van der Waals surface area contributed by atoms with Gasteiger partial charge in [0.1, 0.15) is 6.10 Å². The van der Waals surface area contributed by atoms with Gasteiger partial charge in [0, 0.05) is 5.92 Å². The van der Waals surface area contributed by atoms with E-state index in [4.69, 9.17) is 9.72 Å². The van der Waals surface area contributed by atoms with Gasteiger partial charge in [0.25, 0.3) is 5.19 Å². The second-order valence-electron chi connectivity index (χ2n) is 7.43. The first kappa shape index (κ1) is 15.7. The van der Waals surface area contributed by atoms with E-state index in [1.165, 1.54) is 0 Å². The molecule has 26 heavy (non-hydrogen) atoms. The van der Waals surface area contributed by atoms with Crippen molar-refractivity contribution >= 4 is 33.3 Å². The molecule has 2 aromatic heterocycles. The fraction of sp³-hybridized carbons (Fsp3) is 0.368. The molecule has 7 heteroatoms. The number of hydrogen-bond donors (Lipinski definition) is 1. The second-order valence-corrected chi connectivity index (χ2v) is 8.42. The van der Waals surface area contributed by atoms with Crippen molar-refractivity contribution in [2.24, 2.45) is 0 Å². The Kier molecular flexibility index (Phi) is 3.31. The van der Waals surface area contributed by atoms with Crippen LogP contribution in [0.3, 0.4) is 0 Å². The summed E-state index contributed by atoms with van der Waals surface area (Å²) in [5.41, 5.74) is 2.04. The first-order valence-corrected chi connectivity index (χ1v) is 9.53. The number of para-hydroxylation sites is 1. The van der Waals surface area contributed by atoms with Crippen LogP contribution in [0, 0.1) is 0 Å². The quantitative estimate of drug-likeness (QED) is 0.766. The average molecular weight is 366 g/mol. The Morgan fingerprint density at radius 2 is 2.04 bits per heavy atom. The standard InChI is InChI=1S/C19H18N4O2S/c1-19(2)15-16(23-17(19)24)20-9-13(21-15)10-7-11(8-10)25-18-22-12-5-3-4-6-14(12)26-18/h3-6,9-11H,7-8H2,1-2H3,(H,20,23,24). The number of thiazole rings is 1. The van der Waals surface area contributed by atoms with E-state index in [2.05, 4.69) is 21.4 Å². The molecular formula is C19H18N4O2S. The molecule has 0 unspecified atom stereocenters. The number of anilines is 1. The van der Waals surface area contributed by atoms with Crippen LogP contribution in [0.5, 0.6) is 5.19 Å². The molecule has 1 amide bonds. The monoisotopic (exact) mass is 366 g/mol. The van der Waals surface area contributed by atoms with Gasteiger partial charge in [-0.05, 0) is 38.8 Å². The van der Waals surface area contributed by atoms with Crippen LogP contribution in [0.4, 0.5) is 5.82 Å². The molecular weight excluding hydrogens is 348 g/mol. The van der Waals surface area contributed by atoms with Crippen LogP contribution in [-0.4, -0.2) is 27.0 Å². The number of carbonyl (C=O) groups excluding carboxylic acids is 1. The van der Waals surface area contributed by atoms with Crippen LogP contribution < -0.4 is 10.1 Å². The van der Waals surface area contributed by atoms with Crippen molar-refractivity contribution in [3.63, 3.8) is 0 Å². The average Bonchev–Trinajstić information content (AvgIpc) is 3.09. The maximum absolute atomic E-state index is 12.0. The second kappa shape index (κ2) is 5.48. The normalized spacial score (nSPS) is 23.4. The Balaban J connectivity index is 1.29. The van der Waals surface area contributed by atoms with Gasteiger partial charge in [0.15, 0.2) is 5.82 Å². The van der Waals surface area contributed by atoms with Crippen molar-refractivity contribution in [1.82, 2.24) is 15.0 Å². The molecule has 6 nitrogen and oxygen atoms in total. The molecule has 1 aliphatic carbocycles. The van der Waals surface area contributed by atoms with E-state index in [1.54, 1.807) is 17.5 Å². The van der Waals surface area contributed by atoms with E-state index in [1.807, 2.05) is 32.0 Å². The molecule has 2 aliphatic rings. The molecule has 0 atom stereocenters. The Labute approximate surface area is 154 Å². The number of carbonyl (C=O) groups is 1. The number of hydrogen-bond acceptors (Lipinski definition) is 6. The minimum Gasteiger partial charge on any atom is -0.467 e. The molecule has 0 radical (unpaired) electrons. The molecule has 0 spiro atoms. The van der Waals surface area contributed by atoms with E-state index in [-0.39, 0.29) is 12.0 Å². The van der Waals surface area contributed by atoms with Crippen molar-refractivity contribution in [3.05, 3.63) is 41.9 Å². The SMILES string of the molecule is CC1(C)C(=O)Nc2ncc(C3CC(Oc4nc5ccccc5s4)C3)nc21.